The lowest BCUT2D eigenvalue weighted by molar-refractivity contribution is -0.141. The van der Waals surface area contributed by atoms with Gasteiger partial charge in [0.15, 0.2) is 33.3 Å². The van der Waals surface area contributed by atoms with Crippen molar-refractivity contribution in [1.82, 2.24) is 0 Å². The lowest BCUT2D eigenvalue weighted by atomic mass is 10.4. The highest BCUT2D eigenvalue weighted by atomic mass is 28.5. The number of carbonyl (C=O) groups excluding carboxylic acids is 5. The van der Waals surface area contributed by atoms with Crippen LogP contribution in [0.1, 0.15) is 66.7 Å². The third-order valence-corrected chi connectivity index (χ3v) is 31.0. The smallest absolute Gasteiger partial charge is 0.466 e. The van der Waals surface area contributed by atoms with Crippen LogP contribution >= 0.6 is 0 Å². The van der Waals surface area contributed by atoms with Crippen molar-refractivity contribution in [2.45, 2.75) is 149 Å². The fourth-order valence-electron chi connectivity index (χ4n) is 5.46. The number of hydrogen-bond acceptors (Lipinski definition) is 15. The summed E-state index contributed by atoms with van der Waals surface area (Å²) in [4.78, 5) is 58.3. The van der Waals surface area contributed by atoms with E-state index in [1.54, 1.807) is 6.92 Å². The zero-order chi connectivity index (χ0) is 43.2. The maximum absolute atomic E-state index is 12.4. The summed E-state index contributed by atoms with van der Waals surface area (Å²) in [5, 5.41) is 0. The highest BCUT2D eigenvalue weighted by molar-refractivity contribution is 6.89. The van der Waals surface area contributed by atoms with Crippen LogP contribution in [0.2, 0.25) is 82.6 Å². The molecule has 0 aliphatic carbocycles. The van der Waals surface area contributed by atoms with Gasteiger partial charge in [0.1, 0.15) is 0 Å². The molecule has 56 heavy (non-hydrogen) atoms. The van der Waals surface area contributed by atoms with Crippen molar-refractivity contribution in [1.29, 1.82) is 0 Å². The van der Waals surface area contributed by atoms with Crippen LogP contribution in [0, 0.1) is 0 Å². The SMILES string of the molecule is C=C(C)C(=O)OCCC[Si](O[SiH](O[Si](C)(C)CCCOC(C)=O)O[Si](C)(C)CCCOC(C)=O)(O[Si](C)(C)CCCOC(C)=O)O[Si](C)(C)CCCOC(C)=O. The van der Waals surface area contributed by atoms with Crippen molar-refractivity contribution in [3.63, 3.8) is 0 Å². The summed E-state index contributed by atoms with van der Waals surface area (Å²) in [5.41, 5.74) is 0.288. The lowest BCUT2D eigenvalue weighted by Gasteiger charge is -2.44. The Morgan fingerprint density at radius 1 is 0.429 bits per heavy atom. The Kier molecular flexibility index (Phi) is 25.5. The van der Waals surface area contributed by atoms with E-state index >= 15 is 0 Å². The number of esters is 5. The zero-order valence-corrected chi connectivity index (χ0v) is 42.7. The Morgan fingerprint density at radius 2 is 0.714 bits per heavy atom. The van der Waals surface area contributed by atoms with Gasteiger partial charge in [-0.3, -0.25) is 19.2 Å². The maximum atomic E-state index is 12.4. The quantitative estimate of drug-likeness (QED) is 0.0231. The molecule has 0 N–H and O–H groups in total. The molecule has 0 radical (unpaired) electrons. The van der Waals surface area contributed by atoms with E-state index in [0.29, 0.717) is 62.3 Å². The molecule has 0 aliphatic heterocycles. The van der Waals surface area contributed by atoms with Gasteiger partial charge in [-0.2, -0.15) is 0 Å². The van der Waals surface area contributed by atoms with Crippen LogP contribution < -0.4 is 0 Å². The van der Waals surface area contributed by atoms with E-state index in [1.165, 1.54) is 27.7 Å². The van der Waals surface area contributed by atoms with Crippen LogP contribution in [0.3, 0.4) is 0 Å². The molecule has 0 aromatic carbocycles. The summed E-state index contributed by atoms with van der Waals surface area (Å²) in [5.74, 6) is -1.89. The normalized spacial score (nSPS) is 12.6. The Balaban J connectivity index is 7.07. The summed E-state index contributed by atoms with van der Waals surface area (Å²) in [6.07, 6.45) is 2.76. The van der Waals surface area contributed by atoms with Crippen LogP contribution in [0.4, 0.5) is 0 Å². The molecule has 0 atom stereocenters. The molecule has 0 aliphatic rings. The van der Waals surface area contributed by atoms with Crippen LogP contribution in [0.25, 0.3) is 0 Å². The summed E-state index contributed by atoms with van der Waals surface area (Å²) in [6, 6.07) is 2.93. The van der Waals surface area contributed by atoms with Gasteiger partial charge in [0.05, 0.1) is 33.0 Å². The van der Waals surface area contributed by atoms with E-state index in [0.717, 1.165) is 0 Å². The predicted octanol–water partition coefficient (Wildman–Crippen LogP) is 6.87. The fraction of sp³-hybridized carbons (Fsp3) is 0.800. The molecule has 15 nitrogen and oxygen atoms in total. The first-order valence-corrected chi connectivity index (χ1v) is 35.3. The average Bonchev–Trinajstić information content (AvgIpc) is 3.02. The monoisotopic (exact) mass is 900 g/mol. The van der Waals surface area contributed by atoms with Gasteiger partial charge in [0, 0.05) is 39.3 Å². The molecule has 0 amide bonds. The Morgan fingerprint density at radius 3 is 1.02 bits per heavy atom. The molecule has 0 aromatic heterocycles. The van der Waals surface area contributed by atoms with Crippen LogP contribution in [-0.4, -0.2) is 114 Å². The van der Waals surface area contributed by atoms with Crippen LogP contribution in [-0.2, 0) is 68.2 Å². The molecule has 0 unspecified atom stereocenters. The molecule has 0 saturated heterocycles. The van der Waals surface area contributed by atoms with Crippen LogP contribution in [0.15, 0.2) is 12.2 Å². The Hall–Kier alpha value is -1.81. The molecule has 0 bridgehead atoms. The summed E-state index contributed by atoms with van der Waals surface area (Å²) in [7, 11) is -17.2. The van der Waals surface area contributed by atoms with Crippen molar-refractivity contribution in [3.05, 3.63) is 12.2 Å². The second-order valence-corrected chi connectivity index (χ2v) is 39.3. The average molecular weight is 901 g/mol. The predicted molar refractivity (Wildman–Crippen MR) is 228 cm³/mol. The van der Waals surface area contributed by atoms with Gasteiger partial charge in [-0.1, -0.05) is 6.58 Å². The number of hydrogen-bond donors (Lipinski definition) is 0. The highest BCUT2D eigenvalue weighted by Gasteiger charge is 2.53. The second-order valence-electron chi connectivity index (χ2n) is 16.4. The fourth-order valence-corrected chi connectivity index (χ4v) is 28.8. The number of ether oxygens (including phenoxy) is 5. The second kappa shape index (κ2) is 26.3. The minimum atomic E-state index is -3.79. The Bertz CT molecular complexity index is 1190. The molecule has 0 fully saturated rings. The molecule has 0 heterocycles. The van der Waals surface area contributed by atoms with Gasteiger partial charge in [-0.25, -0.2) is 4.79 Å². The molecule has 326 valence electrons. The first-order chi connectivity index (χ1) is 25.7. The van der Waals surface area contributed by atoms with Gasteiger partial charge < -0.3 is 44.3 Å². The van der Waals surface area contributed by atoms with Gasteiger partial charge in [0.25, 0.3) is 0 Å². The van der Waals surface area contributed by atoms with Crippen molar-refractivity contribution < 1.29 is 68.2 Å². The van der Waals surface area contributed by atoms with E-state index in [1.807, 2.05) is 0 Å². The number of carbonyl (C=O) groups is 5. The molecule has 0 aromatic rings. The van der Waals surface area contributed by atoms with E-state index in [-0.39, 0.29) is 62.5 Å². The summed E-state index contributed by atoms with van der Waals surface area (Å²) >= 11 is 0. The molecular formula is C35H72O15Si6. The van der Waals surface area contributed by atoms with Gasteiger partial charge >= 0.3 is 48.2 Å². The van der Waals surface area contributed by atoms with Crippen molar-refractivity contribution in [3.8, 4) is 0 Å². The first-order valence-electron chi connectivity index (χ1n) is 19.5. The van der Waals surface area contributed by atoms with Crippen molar-refractivity contribution in [2.75, 3.05) is 33.0 Å². The van der Waals surface area contributed by atoms with Gasteiger partial charge in [0.2, 0.25) is 0 Å². The number of rotatable bonds is 31. The molecule has 0 saturated carbocycles. The van der Waals surface area contributed by atoms with E-state index in [2.05, 4.69) is 59.0 Å². The minimum Gasteiger partial charge on any atom is -0.466 e. The van der Waals surface area contributed by atoms with E-state index < -0.39 is 57.6 Å². The zero-order valence-electron chi connectivity index (χ0n) is 36.5. The third kappa shape index (κ3) is 28.6. The largest absolute Gasteiger partial charge is 0.472 e. The highest BCUT2D eigenvalue weighted by Crippen LogP contribution is 2.33. The van der Waals surface area contributed by atoms with Gasteiger partial charge in [-0.15, -0.1) is 0 Å². The van der Waals surface area contributed by atoms with E-state index in [9.17, 15) is 24.0 Å². The topological polar surface area (TPSA) is 178 Å². The summed E-state index contributed by atoms with van der Waals surface area (Å²) < 4.78 is 62.1. The molecule has 21 heteroatoms. The lowest BCUT2D eigenvalue weighted by Crippen LogP contribution is -2.62. The minimum absolute atomic E-state index is 0.0834. The molecule has 0 spiro atoms. The Labute approximate surface area is 343 Å². The third-order valence-electron chi connectivity index (χ3n) is 8.09. The molecular weight excluding hydrogens is 829 g/mol. The van der Waals surface area contributed by atoms with E-state index in [4.69, 9.17) is 44.3 Å². The van der Waals surface area contributed by atoms with Gasteiger partial charge in [-0.05, 0) is 116 Å². The maximum Gasteiger partial charge on any atom is 0.472 e. The standard InChI is InChI=1S/C35H72O15Si6/c1-30(2)35(40)45-24-19-29-56(49-54(11,12)27-17-22-43-33(5)38,50-55(13,14)28-18-23-44-34(6)39)48-51(46-52(7,8)25-15-20-41-31(3)36)47-53(9,10)26-16-21-42-32(4)37/h51H,1,15-29H2,2-14H3. The van der Waals surface area contributed by atoms with Crippen molar-refractivity contribution >= 4 is 81.4 Å². The molecule has 0 rings (SSSR count). The van der Waals surface area contributed by atoms with Crippen molar-refractivity contribution in [2.24, 2.45) is 0 Å². The summed E-state index contributed by atoms with van der Waals surface area (Å²) in [6.45, 7) is 28.5. The van der Waals surface area contributed by atoms with Crippen LogP contribution in [0.5, 0.6) is 0 Å². The first kappa shape index (κ1) is 54.2.